The summed E-state index contributed by atoms with van der Waals surface area (Å²) in [5, 5.41) is 7.28. The third-order valence-electron chi connectivity index (χ3n) is 4.16. The SMILES string of the molecule is COCCOc1nc(-c2ccccc2C)n(-c2ccc(NC(=O)COC)cc2)n1. The standard InChI is InChI=1S/C21H24N4O4/c1-15-6-4-5-7-18(15)20-23-21(29-13-12-27-2)24-25(20)17-10-8-16(9-11-17)22-19(26)14-28-3/h4-11H,12-14H2,1-3H3,(H,22,26). The van der Waals surface area contributed by atoms with E-state index >= 15 is 0 Å². The van der Waals surface area contributed by atoms with Gasteiger partial charge in [-0.25, -0.2) is 4.68 Å². The van der Waals surface area contributed by atoms with Gasteiger partial charge in [0, 0.05) is 25.5 Å². The third kappa shape index (κ3) is 5.18. The van der Waals surface area contributed by atoms with Crippen molar-refractivity contribution in [3.8, 4) is 23.1 Å². The normalized spacial score (nSPS) is 10.7. The molecular formula is C21H24N4O4. The van der Waals surface area contributed by atoms with E-state index in [9.17, 15) is 4.79 Å². The van der Waals surface area contributed by atoms with Gasteiger partial charge in [0.05, 0.1) is 12.3 Å². The molecule has 0 bridgehead atoms. The van der Waals surface area contributed by atoms with Gasteiger partial charge in [-0.05, 0) is 36.8 Å². The van der Waals surface area contributed by atoms with Crippen LogP contribution in [0.2, 0.25) is 0 Å². The Morgan fingerprint density at radius 2 is 1.79 bits per heavy atom. The number of rotatable bonds is 9. The second-order valence-electron chi connectivity index (χ2n) is 6.31. The summed E-state index contributed by atoms with van der Waals surface area (Å²) >= 11 is 0. The van der Waals surface area contributed by atoms with E-state index in [1.165, 1.54) is 7.11 Å². The van der Waals surface area contributed by atoms with E-state index in [0.717, 1.165) is 16.8 Å². The number of carbonyl (C=O) groups is 1. The number of hydrogen-bond acceptors (Lipinski definition) is 6. The van der Waals surface area contributed by atoms with Gasteiger partial charge in [-0.15, -0.1) is 5.10 Å². The molecule has 1 aromatic heterocycles. The molecule has 1 amide bonds. The Kier molecular flexibility index (Phi) is 6.94. The summed E-state index contributed by atoms with van der Waals surface area (Å²) in [6.45, 7) is 2.83. The summed E-state index contributed by atoms with van der Waals surface area (Å²) < 4.78 is 17.2. The van der Waals surface area contributed by atoms with Crippen molar-refractivity contribution in [2.45, 2.75) is 6.92 Å². The van der Waals surface area contributed by atoms with Crippen LogP contribution in [-0.4, -0.2) is 54.7 Å². The Labute approximate surface area is 169 Å². The Bertz CT molecular complexity index is 954. The minimum absolute atomic E-state index is 0.00440. The molecule has 29 heavy (non-hydrogen) atoms. The van der Waals surface area contributed by atoms with Gasteiger partial charge in [0.15, 0.2) is 5.82 Å². The van der Waals surface area contributed by atoms with E-state index in [1.807, 2.05) is 43.3 Å². The number of ether oxygens (including phenoxy) is 3. The average Bonchev–Trinajstić information content (AvgIpc) is 3.13. The lowest BCUT2D eigenvalue weighted by Crippen LogP contribution is -2.17. The second kappa shape index (κ2) is 9.81. The summed E-state index contributed by atoms with van der Waals surface area (Å²) in [6, 6.07) is 15.6. The van der Waals surface area contributed by atoms with Crippen molar-refractivity contribution in [3.05, 3.63) is 54.1 Å². The molecule has 0 saturated heterocycles. The summed E-state index contributed by atoms with van der Waals surface area (Å²) in [5.41, 5.74) is 3.50. The zero-order valence-electron chi connectivity index (χ0n) is 16.7. The van der Waals surface area contributed by atoms with Crippen LogP contribution in [0.5, 0.6) is 6.01 Å². The van der Waals surface area contributed by atoms with Gasteiger partial charge in [0.1, 0.15) is 13.2 Å². The van der Waals surface area contributed by atoms with Crippen LogP contribution in [-0.2, 0) is 14.3 Å². The molecule has 0 fully saturated rings. The fourth-order valence-corrected chi connectivity index (χ4v) is 2.76. The first-order valence-electron chi connectivity index (χ1n) is 9.16. The van der Waals surface area contributed by atoms with E-state index in [-0.39, 0.29) is 18.5 Å². The first-order valence-corrected chi connectivity index (χ1v) is 9.16. The molecule has 0 saturated carbocycles. The van der Waals surface area contributed by atoms with Crippen LogP contribution in [0.4, 0.5) is 5.69 Å². The van der Waals surface area contributed by atoms with E-state index in [0.29, 0.717) is 24.7 Å². The number of aryl methyl sites for hydroxylation is 1. The number of nitrogens with zero attached hydrogens (tertiary/aromatic N) is 3. The van der Waals surface area contributed by atoms with Gasteiger partial charge in [-0.3, -0.25) is 4.79 Å². The van der Waals surface area contributed by atoms with Crippen LogP contribution in [0, 0.1) is 6.92 Å². The maximum atomic E-state index is 11.7. The fourth-order valence-electron chi connectivity index (χ4n) is 2.76. The number of benzene rings is 2. The molecule has 0 radical (unpaired) electrons. The third-order valence-corrected chi connectivity index (χ3v) is 4.16. The molecule has 1 N–H and O–H groups in total. The predicted molar refractivity (Wildman–Crippen MR) is 109 cm³/mol. The largest absolute Gasteiger partial charge is 0.460 e. The number of carbonyl (C=O) groups excluding carboxylic acids is 1. The molecule has 0 aliphatic heterocycles. The van der Waals surface area contributed by atoms with Crippen LogP contribution < -0.4 is 10.1 Å². The van der Waals surface area contributed by atoms with Crippen LogP contribution in [0.15, 0.2) is 48.5 Å². The van der Waals surface area contributed by atoms with Gasteiger partial charge in [0.2, 0.25) is 5.91 Å². The zero-order chi connectivity index (χ0) is 20.6. The highest BCUT2D eigenvalue weighted by atomic mass is 16.5. The number of methoxy groups -OCH3 is 2. The lowest BCUT2D eigenvalue weighted by atomic mass is 10.1. The quantitative estimate of drug-likeness (QED) is 0.560. The van der Waals surface area contributed by atoms with Crippen molar-refractivity contribution in [2.24, 2.45) is 0 Å². The molecule has 0 unspecified atom stereocenters. The highest BCUT2D eigenvalue weighted by Gasteiger charge is 2.16. The Morgan fingerprint density at radius 1 is 1.03 bits per heavy atom. The molecule has 0 atom stereocenters. The molecule has 0 aliphatic carbocycles. The van der Waals surface area contributed by atoms with E-state index in [4.69, 9.17) is 14.2 Å². The summed E-state index contributed by atoms with van der Waals surface area (Å²) in [5.74, 6) is 0.460. The number of anilines is 1. The zero-order valence-corrected chi connectivity index (χ0v) is 16.7. The Balaban J connectivity index is 1.92. The number of nitrogens with one attached hydrogen (secondary N) is 1. The lowest BCUT2D eigenvalue weighted by Gasteiger charge is -2.09. The van der Waals surface area contributed by atoms with Crippen LogP contribution >= 0.6 is 0 Å². The van der Waals surface area contributed by atoms with Gasteiger partial charge in [-0.1, -0.05) is 24.3 Å². The molecule has 8 nitrogen and oxygen atoms in total. The minimum atomic E-state index is -0.213. The van der Waals surface area contributed by atoms with Crippen LogP contribution in [0.25, 0.3) is 17.1 Å². The second-order valence-corrected chi connectivity index (χ2v) is 6.31. The molecule has 8 heteroatoms. The van der Waals surface area contributed by atoms with Crippen LogP contribution in [0.1, 0.15) is 5.56 Å². The van der Waals surface area contributed by atoms with Crippen molar-refractivity contribution in [2.75, 3.05) is 39.4 Å². The summed E-state index contributed by atoms with van der Waals surface area (Å²) in [4.78, 5) is 16.3. The highest BCUT2D eigenvalue weighted by molar-refractivity contribution is 5.91. The molecular weight excluding hydrogens is 372 g/mol. The number of amides is 1. The molecule has 0 spiro atoms. The maximum Gasteiger partial charge on any atom is 0.336 e. The first-order chi connectivity index (χ1) is 14.1. The Hall–Kier alpha value is -3.23. The van der Waals surface area contributed by atoms with E-state index in [1.54, 1.807) is 23.9 Å². The smallest absolute Gasteiger partial charge is 0.336 e. The molecule has 2 aromatic carbocycles. The first kappa shape index (κ1) is 20.5. The Morgan fingerprint density at radius 3 is 2.48 bits per heavy atom. The van der Waals surface area contributed by atoms with Crippen molar-refractivity contribution >= 4 is 11.6 Å². The predicted octanol–water partition coefficient (Wildman–Crippen LogP) is 2.85. The topological polar surface area (TPSA) is 87.5 Å². The number of hydrogen-bond donors (Lipinski definition) is 1. The van der Waals surface area contributed by atoms with E-state index < -0.39 is 0 Å². The van der Waals surface area contributed by atoms with Gasteiger partial charge < -0.3 is 19.5 Å². The minimum Gasteiger partial charge on any atom is -0.460 e. The average molecular weight is 396 g/mol. The molecule has 1 heterocycles. The number of aromatic nitrogens is 3. The maximum absolute atomic E-state index is 11.7. The summed E-state index contributed by atoms with van der Waals surface area (Å²) in [6.07, 6.45) is 0. The van der Waals surface area contributed by atoms with Gasteiger partial charge >= 0.3 is 6.01 Å². The molecule has 152 valence electrons. The van der Waals surface area contributed by atoms with Crippen molar-refractivity contribution in [1.82, 2.24) is 14.8 Å². The van der Waals surface area contributed by atoms with Crippen molar-refractivity contribution < 1.29 is 19.0 Å². The van der Waals surface area contributed by atoms with Crippen LogP contribution in [0.3, 0.4) is 0 Å². The monoisotopic (exact) mass is 396 g/mol. The van der Waals surface area contributed by atoms with Crippen molar-refractivity contribution in [1.29, 1.82) is 0 Å². The fraction of sp³-hybridized carbons (Fsp3) is 0.286. The molecule has 0 aliphatic rings. The molecule has 3 rings (SSSR count). The van der Waals surface area contributed by atoms with Gasteiger partial charge in [-0.2, -0.15) is 4.98 Å². The van der Waals surface area contributed by atoms with Crippen molar-refractivity contribution in [3.63, 3.8) is 0 Å². The lowest BCUT2D eigenvalue weighted by molar-refractivity contribution is -0.119. The highest BCUT2D eigenvalue weighted by Crippen LogP contribution is 2.26. The molecule has 3 aromatic rings. The summed E-state index contributed by atoms with van der Waals surface area (Å²) in [7, 11) is 3.09. The van der Waals surface area contributed by atoms with Gasteiger partial charge in [0.25, 0.3) is 0 Å². The van der Waals surface area contributed by atoms with E-state index in [2.05, 4.69) is 15.4 Å².